The van der Waals surface area contributed by atoms with Crippen molar-refractivity contribution in [2.75, 3.05) is 145 Å². The highest BCUT2D eigenvalue weighted by molar-refractivity contribution is 4.46. The number of ether oxygens (including phenoxy) is 11. The van der Waals surface area contributed by atoms with Crippen molar-refractivity contribution < 1.29 is 52.1 Å². The summed E-state index contributed by atoms with van der Waals surface area (Å²) in [6.45, 7) is 19.3. The zero-order valence-corrected chi connectivity index (χ0v) is 26.5. The standard InChI is InChI=1S/C30H62O11/c1-4-6-7-8-31-9-10-32-11-12-33-13-14-34-15-16-35-17-18-36-19-20-37-21-22-38-23-24-39-25-26-40-27-28-41-29-30(3)5-2/h30H,4-29H2,1-3H3. The largest absolute Gasteiger partial charge is 0.379 e. The van der Waals surface area contributed by atoms with Crippen LogP contribution in [0.3, 0.4) is 0 Å². The van der Waals surface area contributed by atoms with E-state index >= 15 is 0 Å². The first-order chi connectivity index (χ1) is 20.3. The quantitative estimate of drug-likeness (QED) is 0.0984. The lowest BCUT2D eigenvalue weighted by atomic mass is 10.1. The second-order valence-corrected chi connectivity index (χ2v) is 9.42. The van der Waals surface area contributed by atoms with Gasteiger partial charge in [-0.1, -0.05) is 40.0 Å². The van der Waals surface area contributed by atoms with Gasteiger partial charge in [0, 0.05) is 13.2 Å². The van der Waals surface area contributed by atoms with Crippen LogP contribution in [0.4, 0.5) is 0 Å². The van der Waals surface area contributed by atoms with E-state index in [0.717, 1.165) is 26.1 Å². The van der Waals surface area contributed by atoms with Gasteiger partial charge in [-0.05, 0) is 12.3 Å². The minimum Gasteiger partial charge on any atom is -0.379 e. The smallest absolute Gasteiger partial charge is 0.0701 e. The van der Waals surface area contributed by atoms with Gasteiger partial charge in [0.2, 0.25) is 0 Å². The molecule has 0 aliphatic rings. The Morgan fingerprint density at radius 3 is 0.805 bits per heavy atom. The van der Waals surface area contributed by atoms with Crippen LogP contribution < -0.4 is 0 Å². The van der Waals surface area contributed by atoms with Crippen molar-refractivity contribution in [3.05, 3.63) is 0 Å². The van der Waals surface area contributed by atoms with Gasteiger partial charge >= 0.3 is 0 Å². The topological polar surface area (TPSA) is 102 Å². The Hall–Kier alpha value is -0.440. The average Bonchev–Trinajstić information content (AvgIpc) is 2.99. The van der Waals surface area contributed by atoms with Crippen molar-refractivity contribution in [3.8, 4) is 0 Å². The number of unbranched alkanes of at least 4 members (excludes halogenated alkanes) is 2. The third-order valence-electron chi connectivity index (χ3n) is 5.71. The second kappa shape index (κ2) is 37.6. The summed E-state index contributed by atoms with van der Waals surface area (Å²) in [7, 11) is 0. The van der Waals surface area contributed by atoms with Crippen LogP contribution in [0, 0.1) is 5.92 Å². The third-order valence-corrected chi connectivity index (χ3v) is 5.71. The number of rotatable bonds is 37. The first-order valence-corrected chi connectivity index (χ1v) is 15.7. The fourth-order valence-electron chi connectivity index (χ4n) is 3.06. The Balaban J connectivity index is 3.03. The molecule has 1 atom stereocenters. The maximum Gasteiger partial charge on any atom is 0.0701 e. The van der Waals surface area contributed by atoms with E-state index in [1.165, 1.54) is 12.8 Å². The second-order valence-electron chi connectivity index (χ2n) is 9.42. The van der Waals surface area contributed by atoms with Gasteiger partial charge in [-0.15, -0.1) is 0 Å². The summed E-state index contributed by atoms with van der Waals surface area (Å²) < 4.78 is 60.3. The SMILES string of the molecule is CCCCCOCCOCCOCCOCCOCCOCCOCCOCCOCCOCCOCC(C)CC. The molecule has 1 unspecified atom stereocenters. The monoisotopic (exact) mass is 598 g/mol. The lowest BCUT2D eigenvalue weighted by Crippen LogP contribution is -2.15. The molecular weight excluding hydrogens is 536 g/mol. The molecule has 41 heavy (non-hydrogen) atoms. The van der Waals surface area contributed by atoms with Crippen molar-refractivity contribution in [1.82, 2.24) is 0 Å². The molecule has 248 valence electrons. The molecule has 0 bridgehead atoms. The first kappa shape index (κ1) is 40.6. The Morgan fingerprint density at radius 1 is 0.317 bits per heavy atom. The molecule has 0 N–H and O–H groups in total. The molecule has 0 aliphatic carbocycles. The van der Waals surface area contributed by atoms with Crippen LogP contribution in [0.5, 0.6) is 0 Å². The summed E-state index contributed by atoms with van der Waals surface area (Å²) in [6.07, 6.45) is 4.69. The van der Waals surface area contributed by atoms with Gasteiger partial charge in [0.25, 0.3) is 0 Å². The van der Waals surface area contributed by atoms with Gasteiger partial charge in [0.1, 0.15) is 0 Å². The summed E-state index contributed by atoms with van der Waals surface area (Å²) in [5.74, 6) is 0.601. The Kier molecular flexibility index (Phi) is 37.2. The normalized spacial score (nSPS) is 12.4. The van der Waals surface area contributed by atoms with E-state index in [4.69, 9.17) is 52.1 Å². The lowest BCUT2D eigenvalue weighted by molar-refractivity contribution is -0.0278. The van der Waals surface area contributed by atoms with Crippen molar-refractivity contribution in [2.24, 2.45) is 5.92 Å². The molecule has 0 aromatic rings. The first-order valence-electron chi connectivity index (χ1n) is 15.7. The predicted molar refractivity (Wildman–Crippen MR) is 158 cm³/mol. The number of hydrogen-bond donors (Lipinski definition) is 0. The molecule has 0 aromatic heterocycles. The van der Waals surface area contributed by atoms with Gasteiger partial charge in [-0.25, -0.2) is 0 Å². The Morgan fingerprint density at radius 2 is 0.561 bits per heavy atom. The van der Waals surface area contributed by atoms with E-state index < -0.39 is 0 Å². The van der Waals surface area contributed by atoms with Crippen molar-refractivity contribution in [3.63, 3.8) is 0 Å². The molecule has 11 heteroatoms. The maximum absolute atomic E-state index is 5.53. The molecule has 0 heterocycles. The van der Waals surface area contributed by atoms with Gasteiger partial charge in [-0.2, -0.15) is 0 Å². The number of hydrogen-bond acceptors (Lipinski definition) is 11. The average molecular weight is 599 g/mol. The van der Waals surface area contributed by atoms with Gasteiger partial charge in [-0.3, -0.25) is 0 Å². The third kappa shape index (κ3) is 37.5. The molecule has 0 aliphatic heterocycles. The highest BCUT2D eigenvalue weighted by Crippen LogP contribution is 2.00. The molecule has 11 nitrogen and oxygen atoms in total. The van der Waals surface area contributed by atoms with Crippen LogP contribution in [0.1, 0.15) is 46.5 Å². The fraction of sp³-hybridized carbons (Fsp3) is 1.00. The van der Waals surface area contributed by atoms with E-state index in [-0.39, 0.29) is 0 Å². The summed E-state index contributed by atoms with van der Waals surface area (Å²) in [5.41, 5.74) is 0. The maximum atomic E-state index is 5.53. The van der Waals surface area contributed by atoms with E-state index in [1.54, 1.807) is 0 Å². The van der Waals surface area contributed by atoms with Crippen LogP contribution >= 0.6 is 0 Å². The molecule has 0 saturated heterocycles. The summed E-state index contributed by atoms with van der Waals surface area (Å²) >= 11 is 0. The zero-order valence-electron chi connectivity index (χ0n) is 26.5. The molecular formula is C30H62O11. The molecule has 0 spiro atoms. The summed E-state index contributed by atoms with van der Waals surface area (Å²) in [6, 6.07) is 0. The van der Waals surface area contributed by atoms with Crippen LogP contribution in [0.2, 0.25) is 0 Å². The highest BCUT2D eigenvalue weighted by Gasteiger charge is 1.99. The lowest BCUT2D eigenvalue weighted by Gasteiger charge is -2.10. The van der Waals surface area contributed by atoms with Crippen LogP contribution in [-0.2, 0) is 52.1 Å². The van der Waals surface area contributed by atoms with E-state index in [0.29, 0.717) is 138 Å². The minimum absolute atomic E-state index is 0.526. The fourth-order valence-corrected chi connectivity index (χ4v) is 3.06. The van der Waals surface area contributed by atoms with E-state index in [1.807, 2.05) is 0 Å². The van der Waals surface area contributed by atoms with Crippen molar-refractivity contribution >= 4 is 0 Å². The summed E-state index contributed by atoms with van der Waals surface area (Å²) in [5, 5.41) is 0. The molecule has 0 saturated carbocycles. The molecule has 0 rings (SSSR count). The molecule has 0 amide bonds. The Bertz CT molecular complexity index is 460. The minimum atomic E-state index is 0.526. The molecule has 0 fully saturated rings. The van der Waals surface area contributed by atoms with Crippen molar-refractivity contribution in [2.45, 2.75) is 46.5 Å². The van der Waals surface area contributed by atoms with Crippen LogP contribution in [0.25, 0.3) is 0 Å². The summed E-state index contributed by atoms with van der Waals surface area (Å²) in [4.78, 5) is 0. The van der Waals surface area contributed by atoms with E-state index in [9.17, 15) is 0 Å². The van der Waals surface area contributed by atoms with Crippen molar-refractivity contribution in [1.29, 1.82) is 0 Å². The Labute approximate surface area is 250 Å². The zero-order chi connectivity index (χ0) is 29.7. The predicted octanol–water partition coefficient (Wildman–Crippen LogP) is 3.41. The van der Waals surface area contributed by atoms with Gasteiger partial charge < -0.3 is 52.1 Å². The molecule has 0 aromatic carbocycles. The highest BCUT2D eigenvalue weighted by atomic mass is 16.6. The van der Waals surface area contributed by atoms with Gasteiger partial charge in [0.15, 0.2) is 0 Å². The van der Waals surface area contributed by atoms with Gasteiger partial charge in [0.05, 0.1) is 132 Å². The molecule has 0 radical (unpaired) electrons. The van der Waals surface area contributed by atoms with Crippen LogP contribution in [0.15, 0.2) is 0 Å². The van der Waals surface area contributed by atoms with E-state index in [2.05, 4.69) is 20.8 Å². The van der Waals surface area contributed by atoms with Crippen LogP contribution in [-0.4, -0.2) is 145 Å².